The van der Waals surface area contributed by atoms with Crippen molar-refractivity contribution in [2.45, 2.75) is 39.7 Å². The van der Waals surface area contributed by atoms with Gasteiger partial charge in [0.15, 0.2) is 17.3 Å². The van der Waals surface area contributed by atoms with Gasteiger partial charge in [-0.2, -0.15) is 24.7 Å². The molecule has 194 valence electrons. The number of nitrogens with zero attached hydrogens (tertiary/aromatic N) is 6. The van der Waals surface area contributed by atoms with Crippen LogP contribution in [0.1, 0.15) is 43.0 Å². The molecule has 11 nitrogen and oxygen atoms in total. The average Bonchev–Trinajstić information content (AvgIpc) is 3.52. The van der Waals surface area contributed by atoms with E-state index in [0.717, 1.165) is 29.3 Å². The second-order valence-electron chi connectivity index (χ2n) is 8.79. The zero-order chi connectivity index (χ0) is 26.4. The first kappa shape index (κ1) is 24.5. The van der Waals surface area contributed by atoms with Crippen molar-refractivity contribution in [1.82, 2.24) is 19.6 Å². The number of nitrogens with one attached hydrogen (secondary N) is 1. The highest BCUT2D eigenvalue weighted by Crippen LogP contribution is 2.40. The summed E-state index contributed by atoms with van der Waals surface area (Å²) in [6.07, 6.45) is 4.50. The van der Waals surface area contributed by atoms with E-state index in [2.05, 4.69) is 20.2 Å². The SMILES string of the molecule is CCOc1cc(/C=C2\C(=N)N3N=C(C4CC4)SC3=NC2=O)ccc1OCc1cc(=O)n2nc(CC)sc2n1. The number of aryl methyl sites for hydroxylation is 1. The number of fused-ring (bicyclic) bond motifs is 2. The van der Waals surface area contributed by atoms with E-state index in [4.69, 9.17) is 14.9 Å². The van der Waals surface area contributed by atoms with Crippen molar-refractivity contribution < 1.29 is 14.3 Å². The number of ether oxygens (including phenoxy) is 2. The summed E-state index contributed by atoms with van der Waals surface area (Å²) in [6.45, 7) is 4.30. The van der Waals surface area contributed by atoms with Crippen LogP contribution < -0.4 is 15.0 Å². The Labute approximate surface area is 225 Å². The van der Waals surface area contributed by atoms with Crippen LogP contribution in [0.2, 0.25) is 0 Å². The van der Waals surface area contributed by atoms with Crippen LogP contribution in [0.5, 0.6) is 11.5 Å². The number of thioether (sulfide) groups is 1. The minimum absolute atomic E-state index is 0.00323. The molecule has 0 spiro atoms. The number of rotatable bonds is 8. The van der Waals surface area contributed by atoms with E-state index in [0.29, 0.717) is 45.4 Å². The van der Waals surface area contributed by atoms with Gasteiger partial charge in [-0.05, 0) is 61.7 Å². The van der Waals surface area contributed by atoms with Gasteiger partial charge in [0.2, 0.25) is 10.1 Å². The minimum atomic E-state index is -0.471. The molecule has 1 aromatic carbocycles. The third kappa shape index (κ3) is 4.63. The van der Waals surface area contributed by atoms with Crippen molar-refractivity contribution in [2.24, 2.45) is 16.0 Å². The molecule has 13 heteroatoms. The van der Waals surface area contributed by atoms with E-state index >= 15 is 0 Å². The molecule has 0 saturated heterocycles. The normalized spacial score (nSPS) is 18.2. The monoisotopic (exact) mass is 549 g/mol. The number of amides is 1. The number of hydrazone groups is 1. The summed E-state index contributed by atoms with van der Waals surface area (Å²) in [6, 6.07) is 6.65. The second kappa shape index (κ2) is 9.80. The van der Waals surface area contributed by atoms with Crippen molar-refractivity contribution >= 4 is 56.1 Å². The predicted octanol–water partition coefficient (Wildman–Crippen LogP) is 3.72. The van der Waals surface area contributed by atoms with Crippen LogP contribution in [-0.4, -0.2) is 48.2 Å². The first-order chi connectivity index (χ1) is 18.4. The van der Waals surface area contributed by atoms with Gasteiger partial charge in [-0.1, -0.05) is 24.3 Å². The molecule has 1 N–H and O–H groups in total. The number of carbonyl (C=O) groups excluding carboxylic acids is 1. The largest absolute Gasteiger partial charge is 0.490 e. The third-order valence-electron chi connectivity index (χ3n) is 5.99. The Morgan fingerprint density at radius 3 is 2.76 bits per heavy atom. The lowest BCUT2D eigenvalue weighted by atomic mass is 10.1. The zero-order valence-electron chi connectivity index (χ0n) is 20.6. The van der Waals surface area contributed by atoms with Gasteiger partial charge in [0.25, 0.3) is 11.5 Å². The summed E-state index contributed by atoms with van der Waals surface area (Å²) in [4.78, 5) is 34.4. The van der Waals surface area contributed by atoms with Crippen LogP contribution in [0, 0.1) is 11.3 Å². The fraction of sp³-hybridized carbons (Fsp3) is 0.320. The van der Waals surface area contributed by atoms with Crippen LogP contribution in [0.15, 0.2) is 44.7 Å². The molecule has 0 atom stereocenters. The molecule has 3 aromatic rings. The summed E-state index contributed by atoms with van der Waals surface area (Å²) < 4.78 is 13.1. The third-order valence-corrected chi connectivity index (χ3v) is 8.12. The lowest BCUT2D eigenvalue weighted by Crippen LogP contribution is -2.35. The quantitative estimate of drug-likeness (QED) is 0.420. The van der Waals surface area contributed by atoms with Crippen molar-refractivity contribution in [1.29, 1.82) is 5.41 Å². The Morgan fingerprint density at radius 1 is 1.16 bits per heavy atom. The first-order valence-corrected chi connectivity index (χ1v) is 13.8. The molecule has 4 heterocycles. The highest BCUT2D eigenvalue weighted by atomic mass is 32.2. The van der Waals surface area contributed by atoms with Gasteiger partial charge < -0.3 is 9.47 Å². The van der Waals surface area contributed by atoms with E-state index in [1.54, 1.807) is 24.3 Å². The Morgan fingerprint density at radius 2 is 2.00 bits per heavy atom. The maximum atomic E-state index is 12.7. The van der Waals surface area contributed by atoms with Crippen molar-refractivity contribution in [2.75, 3.05) is 6.61 Å². The molecule has 38 heavy (non-hydrogen) atoms. The summed E-state index contributed by atoms with van der Waals surface area (Å²) in [5, 5.41) is 21.0. The smallest absolute Gasteiger partial charge is 0.283 e. The van der Waals surface area contributed by atoms with Crippen LogP contribution in [-0.2, 0) is 17.8 Å². The lowest BCUT2D eigenvalue weighted by molar-refractivity contribution is -0.114. The van der Waals surface area contributed by atoms with E-state index in [1.165, 1.54) is 38.7 Å². The number of amidine groups is 2. The van der Waals surface area contributed by atoms with Gasteiger partial charge in [0.1, 0.15) is 16.7 Å². The summed E-state index contributed by atoms with van der Waals surface area (Å²) in [5.74, 6) is 0.881. The number of aliphatic imine (C=N–C) groups is 1. The van der Waals surface area contributed by atoms with Crippen LogP contribution in [0.3, 0.4) is 0 Å². The van der Waals surface area contributed by atoms with Crippen LogP contribution in [0.4, 0.5) is 0 Å². The van der Waals surface area contributed by atoms with Gasteiger partial charge in [-0.15, -0.1) is 0 Å². The molecule has 0 unspecified atom stereocenters. The number of carbonyl (C=O) groups is 1. The number of hydrogen-bond acceptors (Lipinski definition) is 10. The molecule has 0 radical (unpaired) electrons. The molecule has 0 bridgehead atoms. The van der Waals surface area contributed by atoms with E-state index < -0.39 is 5.91 Å². The molecule has 1 fully saturated rings. The van der Waals surface area contributed by atoms with Crippen molar-refractivity contribution in [3.8, 4) is 11.5 Å². The van der Waals surface area contributed by atoms with Gasteiger partial charge in [0.05, 0.1) is 17.9 Å². The van der Waals surface area contributed by atoms with Crippen LogP contribution in [0.25, 0.3) is 11.0 Å². The molecular formula is C25H23N7O4S2. The molecule has 1 aliphatic carbocycles. The molecule has 3 aliphatic rings. The van der Waals surface area contributed by atoms with E-state index in [-0.39, 0.29) is 23.6 Å². The van der Waals surface area contributed by atoms with Gasteiger partial charge in [0, 0.05) is 12.0 Å². The Kier molecular flexibility index (Phi) is 6.32. The first-order valence-electron chi connectivity index (χ1n) is 12.2. The molecule has 2 aromatic heterocycles. The lowest BCUT2D eigenvalue weighted by Gasteiger charge is -2.20. The van der Waals surface area contributed by atoms with Gasteiger partial charge in [-0.25, -0.2) is 4.98 Å². The maximum absolute atomic E-state index is 12.7. The molecule has 6 rings (SSSR count). The minimum Gasteiger partial charge on any atom is -0.490 e. The summed E-state index contributed by atoms with van der Waals surface area (Å²) in [5.41, 5.74) is 1.03. The summed E-state index contributed by atoms with van der Waals surface area (Å²) in [7, 11) is 0. The van der Waals surface area contributed by atoms with Crippen molar-refractivity contribution in [3.63, 3.8) is 0 Å². The standard InChI is InChI=1S/C25H23N7O4S2/c1-3-19-29-31-20(33)11-15(27-24(31)37-19)12-36-17-8-5-13(10-18(17)35-4-2)9-16-21(26)32-25(28-22(16)34)38-23(30-32)14-6-7-14/h5,8-11,14,26H,3-4,6-7,12H2,1-2H3/b16-9+,26-21?. The Hall–Kier alpha value is -3.84. The fourth-order valence-electron chi connectivity index (χ4n) is 3.94. The fourth-order valence-corrected chi connectivity index (χ4v) is 5.85. The second-order valence-corrected chi connectivity index (χ2v) is 10.8. The Bertz CT molecular complexity index is 1630. The maximum Gasteiger partial charge on any atom is 0.283 e. The number of benzene rings is 1. The highest BCUT2D eigenvalue weighted by molar-refractivity contribution is 8.27. The molecule has 1 amide bonds. The molecule has 1 saturated carbocycles. The average molecular weight is 550 g/mol. The number of aromatic nitrogens is 3. The predicted molar refractivity (Wildman–Crippen MR) is 146 cm³/mol. The van der Waals surface area contributed by atoms with E-state index in [1.807, 2.05) is 13.8 Å². The summed E-state index contributed by atoms with van der Waals surface area (Å²) >= 11 is 2.75. The van der Waals surface area contributed by atoms with Gasteiger partial charge in [-0.3, -0.25) is 15.0 Å². The zero-order valence-corrected chi connectivity index (χ0v) is 22.3. The van der Waals surface area contributed by atoms with E-state index in [9.17, 15) is 9.59 Å². The Balaban J connectivity index is 1.23. The number of hydrogen-bond donors (Lipinski definition) is 1. The topological polar surface area (TPSA) is 135 Å². The van der Waals surface area contributed by atoms with Gasteiger partial charge >= 0.3 is 0 Å². The highest BCUT2D eigenvalue weighted by Gasteiger charge is 2.40. The molecular weight excluding hydrogens is 526 g/mol. The molecule has 2 aliphatic heterocycles. The van der Waals surface area contributed by atoms with Crippen molar-refractivity contribution in [3.05, 3.63) is 56.5 Å². The van der Waals surface area contributed by atoms with Crippen LogP contribution >= 0.6 is 23.1 Å².